The maximum absolute atomic E-state index is 13.0. The van der Waals surface area contributed by atoms with Gasteiger partial charge in [-0.3, -0.25) is 0 Å². The highest BCUT2D eigenvalue weighted by Crippen LogP contribution is 2.36. The van der Waals surface area contributed by atoms with Crippen molar-refractivity contribution in [2.45, 2.75) is 37.0 Å². The Bertz CT molecular complexity index is 1290. The van der Waals surface area contributed by atoms with Crippen LogP contribution in [-0.2, 0) is 19.6 Å². The van der Waals surface area contributed by atoms with Crippen molar-refractivity contribution in [2.24, 2.45) is 13.0 Å². The minimum atomic E-state index is -4.59. The van der Waals surface area contributed by atoms with Gasteiger partial charge in [0.25, 0.3) is 0 Å². The monoisotopic (exact) mass is 487 g/mol. The molecule has 0 spiro atoms. The molecular weight excluding hydrogens is 463 g/mol. The predicted octanol–water partition coefficient (Wildman–Crippen LogP) is 6.19. The van der Waals surface area contributed by atoms with E-state index in [1.165, 1.54) is 0 Å². The third-order valence-corrected chi connectivity index (χ3v) is 7.25. The summed E-state index contributed by atoms with van der Waals surface area (Å²) in [7, 11) is 1.98. The lowest BCUT2D eigenvalue weighted by atomic mass is 9.96. The third kappa shape index (κ3) is 4.64. The molecule has 0 bridgehead atoms. The summed E-state index contributed by atoms with van der Waals surface area (Å²) in [6.45, 7) is 0.787. The van der Waals surface area contributed by atoms with Crippen LogP contribution in [0.5, 0.6) is 0 Å². The molecule has 2 aromatic heterocycles. The van der Waals surface area contributed by atoms with Crippen molar-refractivity contribution in [1.82, 2.24) is 19.7 Å². The average molecular weight is 488 g/mol. The van der Waals surface area contributed by atoms with Gasteiger partial charge >= 0.3 is 12.1 Å². The topological polar surface area (TPSA) is 68.8 Å². The molecule has 10 heteroatoms. The second-order valence-corrected chi connectivity index (χ2v) is 9.52. The Morgan fingerprint density at radius 2 is 1.97 bits per heavy atom. The molecule has 1 atom stereocenters. The van der Waals surface area contributed by atoms with Crippen molar-refractivity contribution >= 4 is 28.5 Å². The van der Waals surface area contributed by atoms with Gasteiger partial charge in [0.15, 0.2) is 16.6 Å². The Labute approximate surface area is 199 Å². The number of rotatable bonds is 6. The van der Waals surface area contributed by atoms with Crippen molar-refractivity contribution in [2.75, 3.05) is 17.6 Å². The lowest BCUT2D eigenvalue weighted by Gasteiger charge is -2.14. The number of nitrogens with one attached hydrogen (secondary N) is 1. The molecule has 1 unspecified atom stereocenters. The molecule has 0 radical (unpaired) electrons. The van der Waals surface area contributed by atoms with Gasteiger partial charge in [-0.2, -0.15) is 13.2 Å². The summed E-state index contributed by atoms with van der Waals surface area (Å²) in [5.41, 5.74) is 3.18. The van der Waals surface area contributed by atoms with Crippen LogP contribution in [0.1, 0.15) is 30.7 Å². The maximum atomic E-state index is 13.0. The molecule has 1 N–H and O–H groups in total. The fourth-order valence-electron chi connectivity index (χ4n) is 4.35. The number of nitrogens with zero attached hydrogens (tertiary/aromatic N) is 4. The lowest BCUT2D eigenvalue weighted by molar-refractivity contribution is -0.156. The molecule has 34 heavy (non-hydrogen) atoms. The molecule has 0 saturated heterocycles. The van der Waals surface area contributed by atoms with E-state index in [1.807, 2.05) is 41.9 Å². The molecule has 0 saturated carbocycles. The van der Waals surface area contributed by atoms with Gasteiger partial charge in [0.05, 0.1) is 0 Å². The normalized spacial score (nSPS) is 16.3. The zero-order chi connectivity index (χ0) is 23.7. The van der Waals surface area contributed by atoms with Gasteiger partial charge in [0.1, 0.15) is 5.52 Å². The summed E-state index contributed by atoms with van der Waals surface area (Å²) in [6.07, 6.45) is -0.994. The SMILES string of the molecule is Cn1c(SCCCC2CCc3c(ccc4oc(C(F)(F)F)nc34)NC2)nnc1-c1ccccc1. The number of benzene rings is 2. The van der Waals surface area contributed by atoms with Crippen LogP contribution in [0.4, 0.5) is 18.9 Å². The first kappa shape index (κ1) is 22.8. The van der Waals surface area contributed by atoms with E-state index < -0.39 is 12.1 Å². The second kappa shape index (κ2) is 9.32. The van der Waals surface area contributed by atoms with Crippen LogP contribution in [0.2, 0.25) is 0 Å². The number of oxazole rings is 1. The third-order valence-electron chi connectivity index (χ3n) is 6.15. The molecule has 0 amide bonds. The van der Waals surface area contributed by atoms with Crippen LogP contribution < -0.4 is 5.32 Å². The number of alkyl halides is 3. The number of halogens is 3. The molecule has 1 aliphatic rings. The quantitative estimate of drug-likeness (QED) is 0.258. The number of aryl methyl sites for hydroxylation is 1. The number of fused-ring (bicyclic) bond motifs is 3. The Morgan fingerprint density at radius 1 is 1.15 bits per heavy atom. The number of thioether (sulfide) groups is 1. The van der Waals surface area contributed by atoms with E-state index in [1.54, 1.807) is 23.9 Å². The Balaban J connectivity index is 1.17. The molecule has 2 aromatic carbocycles. The molecule has 178 valence electrons. The zero-order valence-corrected chi connectivity index (χ0v) is 19.4. The highest BCUT2D eigenvalue weighted by Gasteiger charge is 2.38. The molecule has 5 rings (SSSR count). The van der Waals surface area contributed by atoms with E-state index in [4.69, 9.17) is 4.42 Å². The van der Waals surface area contributed by atoms with Crippen molar-refractivity contribution in [3.63, 3.8) is 0 Å². The van der Waals surface area contributed by atoms with Crippen LogP contribution in [-0.4, -0.2) is 32.0 Å². The molecule has 4 aromatic rings. The molecule has 3 heterocycles. The van der Waals surface area contributed by atoms with E-state index in [2.05, 4.69) is 20.5 Å². The smallest absolute Gasteiger partial charge is 0.433 e. The number of hydrogen-bond acceptors (Lipinski definition) is 6. The summed E-state index contributed by atoms with van der Waals surface area (Å²) in [5, 5.41) is 13.0. The summed E-state index contributed by atoms with van der Waals surface area (Å²) in [6, 6.07) is 13.3. The first-order chi connectivity index (χ1) is 16.4. The number of anilines is 1. The van der Waals surface area contributed by atoms with Crippen LogP contribution >= 0.6 is 11.8 Å². The predicted molar refractivity (Wildman–Crippen MR) is 126 cm³/mol. The first-order valence-corrected chi connectivity index (χ1v) is 12.2. The summed E-state index contributed by atoms with van der Waals surface area (Å²) >= 11 is 1.69. The summed E-state index contributed by atoms with van der Waals surface area (Å²) < 4.78 is 46.0. The Kier molecular flexibility index (Phi) is 6.24. The second-order valence-electron chi connectivity index (χ2n) is 8.46. The van der Waals surface area contributed by atoms with Crippen molar-refractivity contribution in [1.29, 1.82) is 0 Å². The number of hydrogen-bond donors (Lipinski definition) is 1. The molecule has 0 aliphatic carbocycles. The largest absolute Gasteiger partial charge is 0.468 e. The van der Waals surface area contributed by atoms with Gasteiger partial charge in [-0.15, -0.1) is 10.2 Å². The van der Waals surface area contributed by atoms with Crippen LogP contribution in [0, 0.1) is 5.92 Å². The summed E-state index contributed by atoms with van der Waals surface area (Å²) in [4.78, 5) is 3.75. The van der Waals surface area contributed by atoms with Gasteiger partial charge in [0.2, 0.25) is 0 Å². The van der Waals surface area contributed by atoms with Crippen molar-refractivity contribution in [3.05, 3.63) is 53.9 Å². The van der Waals surface area contributed by atoms with E-state index >= 15 is 0 Å². The van der Waals surface area contributed by atoms with E-state index in [9.17, 15) is 13.2 Å². The van der Waals surface area contributed by atoms with E-state index in [0.717, 1.165) is 59.4 Å². The fourth-order valence-corrected chi connectivity index (χ4v) is 5.23. The minimum absolute atomic E-state index is 0.182. The van der Waals surface area contributed by atoms with E-state index in [-0.39, 0.29) is 5.58 Å². The van der Waals surface area contributed by atoms with Crippen molar-refractivity contribution in [3.8, 4) is 11.4 Å². The van der Waals surface area contributed by atoms with Gasteiger partial charge in [-0.1, -0.05) is 42.1 Å². The van der Waals surface area contributed by atoms with Crippen LogP contribution in [0.25, 0.3) is 22.5 Å². The van der Waals surface area contributed by atoms with Crippen molar-refractivity contribution < 1.29 is 17.6 Å². The molecular formula is C24H24F3N5OS. The Morgan fingerprint density at radius 3 is 2.76 bits per heavy atom. The average Bonchev–Trinajstić information content (AvgIpc) is 3.36. The van der Waals surface area contributed by atoms with Gasteiger partial charge in [-0.05, 0) is 43.7 Å². The van der Waals surface area contributed by atoms with Crippen LogP contribution in [0.3, 0.4) is 0 Å². The van der Waals surface area contributed by atoms with Crippen LogP contribution in [0.15, 0.2) is 52.0 Å². The maximum Gasteiger partial charge on any atom is 0.468 e. The first-order valence-electron chi connectivity index (χ1n) is 11.2. The highest BCUT2D eigenvalue weighted by molar-refractivity contribution is 7.99. The molecule has 1 aliphatic heterocycles. The van der Waals surface area contributed by atoms with Gasteiger partial charge in [0, 0.05) is 36.2 Å². The fraction of sp³-hybridized carbons (Fsp3) is 0.375. The minimum Gasteiger partial charge on any atom is -0.433 e. The van der Waals surface area contributed by atoms with E-state index in [0.29, 0.717) is 17.9 Å². The zero-order valence-electron chi connectivity index (χ0n) is 18.6. The Hall–Kier alpha value is -3.01. The van der Waals surface area contributed by atoms with Gasteiger partial charge < -0.3 is 14.3 Å². The number of aromatic nitrogens is 4. The standard InChI is InChI=1S/C24H24F3N5OS/c1-32-21(16-7-3-2-4-8-16)30-31-23(32)34-13-5-6-15-9-10-17-18(28-14-15)11-12-19-20(17)29-22(33-19)24(25,26)27/h2-4,7-8,11-12,15,28H,5-6,9-10,13-14H2,1H3. The highest BCUT2D eigenvalue weighted by atomic mass is 32.2. The summed E-state index contributed by atoms with van der Waals surface area (Å²) in [5.74, 6) is 1.01. The van der Waals surface area contributed by atoms with Gasteiger partial charge in [-0.25, -0.2) is 4.98 Å². The molecule has 0 fully saturated rings. The molecule has 6 nitrogen and oxygen atoms in total. The lowest BCUT2D eigenvalue weighted by Crippen LogP contribution is -2.12.